The van der Waals surface area contributed by atoms with Gasteiger partial charge in [-0.15, -0.1) is 0 Å². The molecule has 1 amide bonds. The zero-order valence-electron chi connectivity index (χ0n) is 12.1. The van der Waals surface area contributed by atoms with Crippen molar-refractivity contribution >= 4 is 17.3 Å². The number of nitrogens with one attached hydrogen (secondary N) is 1. The standard InChI is InChI=1S/C15H16N4O3/c1-2-19-9-10(8-16-19)17-15(21)14-7-12(18-22-14)11-5-3-4-6-13(11)20/h3-6,8-9,14,20H,2,7H2,1H3,(H,17,21). The van der Waals surface area contributed by atoms with E-state index in [1.54, 1.807) is 41.3 Å². The summed E-state index contributed by atoms with van der Waals surface area (Å²) in [5.74, 6) is -0.167. The van der Waals surface area contributed by atoms with Crippen LogP contribution in [0.25, 0.3) is 0 Å². The molecule has 114 valence electrons. The summed E-state index contributed by atoms with van der Waals surface area (Å²) in [6, 6.07) is 6.84. The summed E-state index contributed by atoms with van der Waals surface area (Å²) < 4.78 is 1.72. The second-order valence-corrected chi connectivity index (χ2v) is 4.93. The molecule has 2 aromatic rings. The highest BCUT2D eigenvalue weighted by molar-refractivity contribution is 6.07. The molecule has 1 atom stereocenters. The number of carbonyl (C=O) groups is 1. The number of oxime groups is 1. The fraction of sp³-hybridized carbons (Fsp3) is 0.267. The van der Waals surface area contributed by atoms with Crippen molar-refractivity contribution in [2.75, 3.05) is 5.32 Å². The fourth-order valence-corrected chi connectivity index (χ4v) is 2.22. The second kappa shape index (κ2) is 5.88. The molecule has 0 saturated heterocycles. The Balaban J connectivity index is 1.64. The van der Waals surface area contributed by atoms with Crippen molar-refractivity contribution in [3.63, 3.8) is 0 Å². The van der Waals surface area contributed by atoms with Gasteiger partial charge in [-0.05, 0) is 19.1 Å². The van der Waals surface area contributed by atoms with Gasteiger partial charge in [-0.2, -0.15) is 5.10 Å². The molecule has 7 heteroatoms. The van der Waals surface area contributed by atoms with Crippen LogP contribution in [0.2, 0.25) is 0 Å². The number of amides is 1. The number of phenols is 1. The smallest absolute Gasteiger partial charge is 0.268 e. The van der Waals surface area contributed by atoms with Crippen LogP contribution in [-0.2, 0) is 16.2 Å². The minimum atomic E-state index is -0.709. The number of phenolic OH excluding ortho intramolecular Hbond substituents is 1. The molecule has 7 nitrogen and oxygen atoms in total. The summed E-state index contributed by atoms with van der Waals surface area (Å²) >= 11 is 0. The Hall–Kier alpha value is -2.83. The average Bonchev–Trinajstić information content (AvgIpc) is 3.16. The van der Waals surface area contributed by atoms with Crippen molar-refractivity contribution in [2.24, 2.45) is 5.16 Å². The summed E-state index contributed by atoms with van der Waals surface area (Å²) in [6.45, 7) is 2.70. The third kappa shape index (κ3) is 2.78. The Bertz CT molecular complexity index is 723. The number of hydrogen-bond acceptors (Lipinski definition) is 5. The number of anilines is 1. The number of carbonyl (C=O) groups excluding carboxylic acids is 1. The summed E-state index contributed by atoms with van der Waals surface area (Å²) in [7, 11) is 0. The lowest BCUT2D eigenvalue weighted by molar-refractivity contribution is -0.125. The van der Waals surface area contributed by atoms with E-state index in [9.17, 15) is 9.90 Å². The van der Waals surface area contributed by atoms with E-state index in [-0.39, 0.29) is 11.7 Å². The topological polar surface area (TPSA) is 88.7 Å². The van der Waals surface area contributed by atoms with E-state index in [4.69, 9.17) is 4.84 Å². The van der Waals surface area contributed by atoms with Gasteiger partial charge in [0.15, 0.2) is 0 Å². The lowest BCUT2D eigenvalue weighted by Crippen LogP contribution is -2.27. The van der Waals surface area contributed by atoms with Gasteiger partial charge in [0.2, 0.25) is 6.10 Å². The maximum absolute atomic E-state index is 12.2. The lowest BCUT2D eigenvalue weighted by Gasteiger charge is -2.07. The number of aryl methyl sites for hydroxylation is 1. The van der Waals surface area contributed by atoms with Crippen LogP contribution in [0.3, 0.4) is 0 Å². The highest BCUT2D eigenvalue weighted by atomic mass is 16.6. The van der Waals surface area contributed by atoms with Crippen LogP contribution in [0.15, 0.2) is 41.8 Å². The summed E-state index contributed by atoms with van der Waals surface area (Å²) in [4.78, 5) is 17.3. The Morgan fingerprint density at radius 2 is 2.32 bits per heavy atom. The maximum atomic E-state index is 12.2. The van der Waals surface area contributed by atoms with Gasteiger partial charge >= 0.3 is 0 Å². The fourth-order valence-electron chi connectivity index (χ4n) is 2.22. The van der Waals surface area contributed by atoms with E-state index < -0.39 is 6.10 Å². The zero-order valence-corrected chi connectivity index (χ0v) is 12.1. The van der Waals surface area contributed by atoms with E-state index in [1.807, 2.05) is 6.92 Å². The van der Waals surface area contributed by atoms with Gasteiger partial charge in [-0.25, -0.2) is 0 Å². The lowest BCUT2D eigenvalue weighted by atomic mass is 10.0. The molecular formula is C15H16N4O3. The van der Waals surface area contributed by atoms with E-state index in [0.717, 1.165) is 6.54 Å². The first-order chi connectivity index (χ1) is 10.7. The Labute approximate surface area is 127 Å². The minimum absolute atomic E-state index is 0.120. The largest absolute Gasteiger partial charge is 0.507 e. The van der Waals surface area contributed by atoms with Crippen LogP contribution >= 0.6 is 0 Å². The molecule has 2 heterocycles. The van der Waals surface area contributed by atoms with Gasteiger partial charge < -0.3 is 15.3 Å². The highest BCUT2D eigenvalue weighted by Crippen LogP contribution is 2.24. The van der Waals surface area contributed by atoms with Gasteiger partial charge in [0.1, 0.15) is 5.75 Å². The molecule has 3 rings (SSSR count). The predicted molar refractivity (Wildman–Crippen MR) is 80.7 cm³/mol. The van der Waals surface area contributed by atoms with Crippen LogP contribution in [0.5, 0.6) is 5.75 Å². The SMILES string of the molecule is CCn1cc(NC(=O)C2CC(c3ccccc3O)=NO2)cn1. The van der Waals surface area contributed by atoms with E-state index >= 15 is 0 Å². The van der Waals surface area contributed by atoms with Crippen molar-refractivity contribution in [2.45, 2.75) is 26.0 Å². The molecule has 2 N–H and O–H groups in total. The number of hydrogen-bond donors (Lipinski definition) is 2. The van der Waals surface area contributed by atoms with Gasteiger partial charge in [0.05, 0.1) is 17.6 Å². The van der Waals surface area contributed by atoms with Crippen molar-refractivity contribution in [1.29, 1.82) is 0 Å². The summed E-state index contributed by atoms with van der Waals surface area (Å²) in [5.41, 5.74) is 1.76. The van der Waals surface area contributed by atoms with Crippen LogP contribution in [-0.4, -0.2) is 32.6 Å². The average molecular weight is 300 g/mol. The molecule has 22 heavy (non-hydrogen) atoms. The van der Waals surface area contributed by atoms with E-state index in [0.29, 0.717) is 23.4 Å². The molecular weight excluding hydrogens is 284 g/mol. The number of aromatic hydroxyl groups is 1. The molecule has 0 spiro atoms. The number of para-hydroxylation sites is 1. The monoisotopic (exact) mass is 300 g/mol. The molecule has 0 fully saturated rings. The quantitative estimate of drug-likeness (QED) is 0.900. The van der Waals surface area contributed by atoms with Crippen LogP contribution < -0.4 is 5.32 Å². The van der Waals surface area contributed by atoms with Crippen molar-refractivity contribution in [3.05, 3.63) is 42.2 Å². The molecule has 1 aromatic carbocycles. The summed E-state index contributed by atoms with van der Waals surface area (Å²) in [5, 5.41) is 20.6. The Kier molecular flexibility index (Phi) is 3.78. The summed E-state index contributed by atoms with van der Waals surface area (Å²) in [6.07, 6.45) is 2.93. The Morgan fingerprint density at radius 1 is 1.50 bits per heavy atom. The molecule has 1 aromatic heterocycles. The van der Waals surface area contributed by atoms with Crippen molar-refractivity contribution < 1.29 is 14.7 Å². The van der Waals surface area contributed by atoms with Gasteiger partial charge in [-0.3, -0.25) is 9.48 Å². The van der Waals surface area contributed by atoms with Crippen molar-refractivity contribution in [1.82, 2.24) is 9.78 Å². The molecule has 1 aliphatic heterocycles. The third-order valence-electron chi connectivity index (χ3n) is 3.40. The maximum Gasteiger partial charge on any atom is 0.268 e. The van der Waals surface area contributed by atoms with Gasteiger partial charge in [0, 0.05) is 24.7 Å². The molecule has 0 radical (unpaired) electrons. The third-order valence-corrected chi connectivity index (χ3v) is 3.40. The predicted octanol–water partition coefficient (Wildman–Crippen LogP) is 1.74. The first-order valence-corrected chi connectivity index (χ1v) is 7.01. The number of benzene rings is 1. The van der Waals surface area contributed by atoms with Crippen LogP contribution in [0, 0.1) is 0 Å². The van der Waals surface area contributed by atoms with Crippen molar-refractivity contribution in [3.8, 4) is 5.75 Å². The highest BCUT2D eigenvalue weighted by Gasteiger charge is 2.30. The van der Waals surface area contributed by atoms with Gasteiger partial charge in [0.25, 0.3) is 5.91 Å². The minimum Gasteiger partial charge on any atom is -0.507 e. The van der Waals surface area contributed by atoms with Gasteiger partial charge in [-0.1, -0.05) is 17.3 Å². The van der Waals surface area contributed by atoms with E-state index in [2.05, 4.69) is 15.6 Å². The first-order valence-electron chi connectivity index (χ1n) is 7.01. The molecule has 0 saturated carbocycles. The van der Waals surface area contributed by atoms with E-state index in [1.165, 1.54) is 0 Å². The second-order valence-electron chi connectivity index (χ2n) is 4.93. The van der Waals surface area contributed by atoms with Crippen LogP contribution in [0.1, 0.15) is 18.9 Å². The molecule has 1 unspecified atom stereocenters. The number of rotatable bonds is 4. The first kappa shape index (κ1) is 14.1. The normalized spacial score (nSPS) is 17.0. The molecule has 0 aliphatic carbocycles. The number of aromatic nitrogens is 2. The molecule has 1 aliphatic rings. The Morgan fingerprint density at radius 3 is 3.05 bits per heavy atom. The number of nitrogens with zero attached hydrogens (tertiary/aromatic N) is 3. The zero-order chi connectivity index (χ0) is 15.5. The molecule has 0 bridgehead atoms. The van der Waals surface area contributed by atoms with Crippen LogP contribution in [0.4, 0.5) is 5.69 Å².